The Morgan fingerprint density at radius 1 is 1.09 bits per heavy atom. The zero-order chi connectivity index (χ0) is 15.9. The van der Waals surface area contributed by atoms with Crippen molar-refractivity contribution in [2.24, 2.45) is 0 Å². The molecular formula is C17H18N4OS. The van der Waals surface area contributed by atoms with Gasteiger partial charge < -0.3 is 5.32 Å². The quantitative estimate of drug-likeness (QED) is 0.539. The second kappa shape index (κ2) is 7.69. The Bertz CT molecular complexity index is 772. The van der Waals surface area contributed by atoms with Crippen LogP contribution in [0.1, 0.15) is 6.42 Å². The lowest BCUT2D eigenvalue weighted by Gasteiger charge is -2.08. The van der Waals surface area contributed by atoms with Gasteiger partial charge in [-0.2, -0.15) is 0 Å². The smallest absolute Gasteiger partial charge is 0.333 e. The van der Waals surface area contributed by atoms with Crippen molar-refractivity contribution in [3.8, 4) is 0 Å². The van der Waals surface area contributed by atoms with Crippen molar-refractivity contribution in [1.82, 2.24) is 15.0 Å². The van der Waals surface area contributed by atoms with Crippen molar-refractivity contribution in [2.75, 3.05) is 17.7 Å². The Morgan fingerprint density at radius 3 is 2.74 bits per heavy atom. The number of carbonyl (C=O) groups excluding carboxylic acids is 1. The lowest BCUT2D eigenvalue weighted by atomic mass is 10.3. The molecule has 1 heterocycles. The normalized spacial score (nSPS) is 10.6. The topological polar surface area (TPSA) is 59.0 Å². The van der Waals surface area contributed by atoms with E-state index >= 15 is 0 Å². The summed E-state index contributed by atoms with van der Waals surface area (Å²) < 4.78 is 1.63. The average Bonchev–Trinajstić information content (AvgIpc) is 2.99. The summed E-state index contributed by atoms with van der Waals surface area (Å²) in [6, 6.07) is 17.7. The van der Waals surface area contributed by atoms with Crippen LogP contribution >= 0.6 is 11.8 Å². The van der Waals surface area contributed by atoms with E-state index < -0.39 is 0 Å². The van der Waals surface area contributed by atoms with Gasteiger partial charge in [0.05, 0.1) is 11.0 Å². The SMILES string of the molecule is O=C(NCCCSc1ccccc1)Nn1cnc2ccccc21. The number of imidazole rings is 1. The summed E-state index contributed by atoms with van der Waals surface area (Å²) in [4.78, 5) is 17.4. The minimum atomic E-state index is -0.224. The molecule has 0 aliphatic heterocycles. The summed E-state index contributed by atoms with van der Waals surface area (Å²) in [6.07, 6.45) is 2.52. The second-order valence-corrected chi connectivity index (χ2v) is 6.15. The van der Waals surface area contributed by atoms with Gasteiger partial charge in [-0.3, -0.25) is 0 Å². The molecule has 0 fully saturated rings. The van der Waals surface area contributed by atoms with Gasteiger partial charge in [0.2, 0.25) is 0 Å². The molecule has 23 heavy (non-hydrogen) atoms. The van der Waals surface area contributed by atoms with Crippen LogP contribution in [0, 0.1) is 0 Å². The first-order valence-corrected chi connectivity index (χ1v) is 8.46. The number of benzene rings is 2. The molecule has 0 bridgehead atoms. The van der Waals surface area contributed by atoms with Gasteiger partial charge >= 0.3 is 6.03 Å². The molecule has 1 aromatic heterocycles. The molecular weight excluding hydrogens is 308 g/mol. The summed E-state index contributed by atoms with van der Waals surface area (Å²) in [5, 5.41) is 2.86. The third-order valence-corrected chi connectivity index (χ3v) is 4.39. The van der Waals surface area contributed by atoms with Gasteiger partial charge in [0.1, 0.15) is 6.33 Å². The van der Waals surface area contributed by atoms with Crippen LogP contribution < -0.4 is 10.7 Å². The van der Waals surface area contributed by atoms with Gasteiger partial charge in [-0.05, 0) is 36.4 Å². The third kappa shape index (κ3) is 4.26. The number of nitrogens with zero attached hydrogens (tertiary/aromatic N) is 2. The number of carbonyl (C=O) groups is 1. The lowest BCUT2D eigenvalue weighted by molar-refractivity contribution is 0.249. The van der Waals surface area contributed by atoms with E-state index in [1.54, 1.807) is 22.8 Å². The van der Waals surface area contributed by atoms with Crippen LogP contribution in [0.5, 0.6) is 0 Å². The molecule has 0 aliphatic carbocycles. The number of hydrogen-bond acceptors (Lipinski definition) is 3. The number of thioether (sulfide) groups is 1. The van der Waals surface area contributed by atoms with Crippen LogP contribution in [-0.4, -0.2) is 28.0 Å². The first-order valence-electron chi connectivity index (χ1n) is 7.48. The number of nitrogens with one attached hydrogen (secondary N) is 2. The monoisotopic (exact) mass is 326 g/mol. The minimum Gasteiger partial charge on any atom is -0.337 e. The van der Waals surface area contributed by atoms with E-state index in [-0.39, 0.29) is 6.03 Å². The van der Waals surface area contributed by atoms with Crippen LogP contribution in [0.3, 0.4) is 0 Å². The van der Waals surface area contributed by atoms with E-state index in [2.05, 4.69) is 27.9 Å². The van der Waals surface area contributed by atoms with Gasteiger partial charge in [-0.15, -0.1) is 11.8 Å². The van der Waals surface area contributed by atoms with E-state index in [4.69, 9.17) is 0 Å². The summed E-state index contributed by atoms with van der Waals surface area (Å²) >= 11 is 1.79. The molecule has 0 aliphatic rings. The van der Waals surface area contributed by atoms with Crippen LogP contribution in [0.4, 0.5) is 4.79 Å². The highest BCUT2D eigenvalue weighted by molar-refractivity contribution is 7.99. The summed E-state index contributed by atoms with van der Waals surface area (Å²) in [5.74, 6) is 0.971. The number of para-hydroxylation sites is 2. The van der Waals surface area contributed by atoms with Crippen LogP contribution in [0.15, 0.2) is 65.8 Å². The molecule has 6 heteroatoms. The second-order valence-electron chi connectivity index (χ2n) is 4.99. The molecule has 0 spiro atoms. The highest BCUT2D eigenvalue weighted by Crippen LogP contribution is 2.17. The van der Waals surface area contributed by atoms with E-state index in [9.17, 15) is 4.79 Å². The fourth-order valence-electron chi connectivity index (χ4n) is 2.18. The molecule has 0 saturated heterocycles. The number of rotatable bonds is 6. The number of fused-ring (bicyclic) bond motifs is 1. The van der Waals surface area contributed by atoms with Crippen molar-refractivity contribution in [1.29, 1.82) is 0 Å². The van der Waals surface area contributed by atoms with Crippen molar-refractivity contribution in [2.45, 2.75) is 11.3 Å². The standard InChI is InChI=1S/C17H18N4OS/c22-17(18-11-6-12-23-14-7-2-1-3-8-14)20-21-13-19-15-9-4-5-10-16(15)21/h1-5,7-10,13H,6,11-12H2,(H2,18,20,22). The van der Waals surface area contributed by atoms with Crippen molar-refractivity contribution in [3.05, 3.63) is 60.9 Å². The largest absolute Gasteiger partial charge is 0.337 e. The molecule has 0 unspecified atom stereocenters. The van der Waals surface area contributed by atoms with E-state index in [0.717, 1.165) is 23.2 Å². The molecule has 0 atom stereocenters. The Hall–Kier alpha value is -2.47. The molecule has 3 aromatic rings. The predicted octanol–water partition coefficient (Wildman–Crippen LogP) is 3.47. The fourth-order valence-corrected chi connectivity index (χ4v) is 3.05. The van der Waals surface area contributed by atoms with E-state index in [0.29, 0.717) is 6.54 Å². The van der Waals surface area contributed by atoms with E-state index in [1.165, 1.54) is 4.90 Å². The Kier molecular flexibility index (Phi) is 5.16. The Morgan fingerprint density at radius 2 is 1.87 bits per heavy atom. The molecule has 2 amide bonds. The zero-order valence-corrected chi connectivity index (χ0v) is 13.4. The average molecular weight is 326 g/mol. The van der Waals surface area contributed by atoms with Crippen LogP contribution in [0.2, 0.25) is 0 Å². The number of hydrogen-bond donors (Lipinski definition) is 2. The maximum Gasteiger partial charge on any atom is 0.333 e. The van der Waals surface area contributed by atoms with E-state index in [1.807, 2.05) is 42.5 Å². The van der Waals surface area contributed by atoms with Gasteiger partial charge in [-0.25, -0.2) is 19.9 Å². The maximum absolute atomic E-state index is 11.9. The fraction of sp³-hybridized carbons (Fsp3) is 0.176. The Balaban J connectivity index is 1.40. The first kappa shape index (κ1) is 15.4. The maximum atomic E-state index is 11.9. The number of urea groups is 1. The van der Waals surface area contributed by atoms with Gasteiger partial charge in [0.15, 0.2) is 0 Å². The first-order chi connectivity index (χ1) is 11.3. The molecule has 2 N–H and O–H groups in total. The van der Waals surface area contributed by atoms with Gasteiger partial charge in [0.25, 0.3) is 0 Å². The number of amides is 2. The number of aromatic nitrogens is 2. The third-order valence-electron chi connectivity index (χ3n) is 3.29. The lowest BCUT2D eigenvalue weighted by Crippen LogP contribution is -2.34. The Labute approximate surface area is 139 Å². The highest BCUT2D eigenvalue weighted by atomic mass is 32.2. The van der Waals surface area contributed by atoms with Gasteiger partial charge in [-0.1, -0.05) is 30.3 Å². The van der Waals surface area contributed by atoms with Crippen LogP contribution in [-0.2, 0) is 0 Å². The molecule has 5 nitrogen and oxygen atoms in total. The van der Waals surface area contributed by atoms with Gasteiger partial charge in [0, 0.05) is 11.4 Å². The highest BCUT2D eigenvalue weighted by Gasteiger charge is 2.04. The zero-order valence-electron chi connectivity index (χ0n) is 12.6. The summed E-state index contributed by atoms with van der Waals surface area (Å²) in [6.45, 7) is 0.637. The van der Waals surface area contributed by atoms with Crippen molar-refractivity contribution < 1.29 is 4.79 Å². The van der Waals surface area contributed by atoms with Crippen molar-refractivity contribution >= 4 is 28.8 Å². The minimum absolute atomic E-state index is 0.224. The molecule has 0 saturated carbocycles. The molecule has 0 radical (unpaired) electrons. The summed E-state index contributed by atoms with van der Waals surface area (Å²) in [5.41, 5.74) is 4.50. The molecule has 118 valence electrons. The molecule has 3 rings (SSSR count). The molecule has 2 aromatic carbocycles. The van der Waals surface area contributed by atoms with Crippen molar-refractivity contribution in [3.63, 3.8) is 0 Å². The van der Waals surface area contributed by atoms with Crippen LogP contribution in [0.25, 0.3) is 11.0 Å². The predicted molar refractivity (Wildman–Crippen MR) is 94.3 cm³/mol. The summed E-state index contributed by atoms with van der Waals surface area (Å²) in [7, 11) is 0.